The van der Waals surface area contributed by atoms with Gasteiger partial charge in [0.05, 0.1) is 0 Å². The van der Waals surface area contributed by atoms with Gasteiger partial charge >= 0.3 is 0 Å². The van der Waals surface area contributed by atoms with E-state index in [0.29, 0.717) is 0 Å². The number of nitrogens with zero attached hydrogens (tertiary/aromatic N) is 2. The molecule has 0 spiro atoms. The maximum absolute atomic E-state index is 2.33. The van der Waals surface area contributed by atoms with Gasteiger partial charge in [-0.25, -0.2) is 0 Å². The van der Waals surface area contributed by atoms with Crippen LogP contribution < -0.4 is 9.80 Å². The molecule has 0 saturated carbocycles. The van der Waals surface area contributed by atoms with E-state index in [1.54, 1.807) is 0 Å². The zero-order chi connectivity index (χ0) is 33.7. The molecule has 0 unspecified atom stereocenters. The van der Waals surface area contributed by atoms with Crippen LogP contribution in [0.1, 0.15) is 44.9 Å². The van der Waals surface area contributed by atoms with Gasteiger partial charge in [-0.1, -0.05) is 125 Å². The molecule has 0 aliphatic carbocycles. The van der Waals surface area contributed by atoms with Gasteiger partial charge in [-0.2, -0.15) is 0 Å². The average molecular weight is 635 g/mol. The highest BCUT2D eigenvalue weighted by atomic mass is 15.1. The first-order chi connectivity index (χ1) is 23.9. The van der Waals surface area contributed by atoms with Crippen molar-refractivity contribution in [2.45, 2.75) is 33.6 Å². The van der Waals surface area contributed by atoms with Crippen molar-refractivity contribution in [1.82, 2.24) is 0 Å². The minimum atomic E-state index is 0.0868. The van der Waals surface area contributed by atoms with Crippen LogP contribution in [0.3, 0.4) is 0 Å². The van der Waals surface area contributed by atoms with E-state index in [0.717, 1.165) is 34.1 Å². The van der Waals surface area contributed by atoms with Crippen molar-refractivity contribution in [2.75, 3.05) is 9.80 Å². The molecule has 7 aromatic carbocycles. The Bertz CT molecular complexity index is 1870. The predicted octanol–water partition coefficient (Wildman–Crippen LogP) is 13.0. The quantitative estimate of drug-likeness (QED) is 0.146. The number of anilines is 6. The van der Waals surface area contributed by atoms with E-state index >= 15 is 0 Å². The molecule has 2 nitrogen and oxygen atoms in total. The summed E-state index contributed by atoms with van der Waals surface area (Å²) in [6, 6.07) is 64.1. The van der Waals surface area contributed by atoms with Crippen LogP contribution in [0.25, 0.3) is 0 Å². The second-order valence-corrected chi connectivity index (χ2v) is 13.0. The van der Waals surface area contributed by atoms with Crippen LogP contribution in [-0.2, 0) is 0 Å². The van der Waals surface area contributed by atoms with Gasteiger partial charge in [0.25, 0.3) is 0 Å². The van der Waals surface area contributed by atoms with E-state index < -0.39 is 0 Å². The summed E-state index contributed by atoms with van der Waals surface area (Å²) < 4.78 is 0. The van der Waals surface area contributed by atoms with Crippen molar-refractivity contribution in [3.8, 4) is 0 Å². The molecule has 7 rings (SSSR count). The lowest BCUT2D eigenvalue weighted by molar-refractivity contribution is 0.976. The molecule has 0 N–H and O–H groups in total. The fourth-order valence-electron chi connectivity index (χ4n) is 6.52. The Balaban J connectivity index is 1.26. The lowest BCUT2D eigenvalue weighted by Gasteiger charge is -2.27. The number of hydrogen-bond acceptors (Lipinski definition) is 2. The van der Waals surface area contributed by atoms with E-state index in [-0.39, 0.29) is 5.92 Å². The van der Waals surface area contributed by atoms with Crippen LogP contribution >= 0.6 is 0 Å². The van der Waals surface area contributed by atoms with Gasteiger partial charge in [0, 0.05) is 40.0 Å². The van der Waals surface area contributed by atoms with E-state index in [9.17, 15) is 0 Å². The van der Waals surface area contributed by atoms with Crippen LogP contribution in [0.2, 0.25) is 0 Å². The smallest absolute Gasteiger partial charge is 0.0461 e. The van der Waals surface area contributed by atoms with Crippen LogP contribution in [0, 0.1) is 27.7 Å². The molecule has 0 atom stereocenters. The van der Waals surface area contributed by atoms with E-state index in [4.69, 9.17) is 0 Å². The normalized spacial score (nSPS) is 11.0. The van der Waals surface area contributed by atoms with Crippen molar-refractivity contribution in [3.05, 3.63) is 215 Å². The Labute approximate surface area is 291 Å². The third-order valence-corrected chi connectivity index (χ3v) is 9.27. The molecule has 240 valence electrons. The second kappa shape index (κ2) is 14.1. The Morgan fingerprint density at radius 3 is 0.755 bits per heavy atom. The lowest BCUT2D eigenvalue weighted by atomic mass is 9.85. The average Bonchev–Trinajstić information content (AvgIpc) is 3.13. The summed E-state index contributed by atoms with van der Waals surface area (Å²) in [5, 5.41) is 0. The third kappa shape index (κ3) is 7.05. The Morgan fingerprint density at radius 2 is 0.490 bits per heavy atom. The van der Waals surface area contributed by atoms with Gasteiger partial charge in [-0.05, 0) is 117 Å². The second-order valence-electron chi connectivity index (χ2n) is 13.0. The van der Waals surface area contributed by atoms with E-state index in [2.05, 4.69) is 213 Å². The highest BCUT2D eigenvalue weighted by Gasteiger charge is 2.20. The lowest BCUT2D eigenvalue weighted by Crippen LogP contribution is -2.11. The molecule has 0 aliphatic heterocycles. The van der Waals surface area contributed by atoms with Gasteiger partial charge in [-0.3, -0.25) is 0 Å². The summed E-state index contributed by atoms with van der Waals surface area (Å²) in [5.74, 6) is 0.0868. The van der Waals surface area contributed by atoms with Crippen LogP contribution in [0.15, 0.2) is 176 Å². The zero-order valence-corrected chi connectivity index (χ0v) is 28.7. The highest BCUT2D eigenvalue weighted by Crippen LogP contribution is 2.40. The van der Waals surface area contributed by atoms with Gasteiger partial charge in [0.1, 0.15) is 0 Å². The molecular formula is C47H42N2. The van der Waals surface area contributed by atoms with Crippen molar-refractivity contribution in [3.63, 3.8) is 0 Å². The molecule has 49 heavy (non-hydrogen) atoms. The monoisotopic (exact) mass is 634 g/mol. The molecule has 0 aliphatic rings. The van der Waals surface area contributed by atoms with E-state index in [1.807, 2.05) is 0 Å². The summed E-state index contributed by atoms with van der Waals surface area (Å²) in [6.45, 7) is 8.53. The minimum absolute atomic E-state index is 0.0868. The fourth-order valence-corrected chi connectivity index (χ4v) is 6.52. The topological polar surface area (TPSA) is 6.48 Å². The Hall–Kier alpha value is -5.86. The standard InChI is InChI=1S/C47H42N2/c1-34-10-22-41(23-11-34)48(42-24-12-35(2)13-25-42)45-30-18-39(19-31-45)47(38-8-6-5-7-9-38)40-20-32-46(33-21-40)49(43-26-14-36(3)15-27-43)44-28-16-37(4)17-29-44/h5-33,47H,1-4H3. The number of aryl methyl sites for hydroxylation is 4. The summed E-state index contributed by atoms with van der Waals surface area (Å²) in [6.07, 6.45) is 0. The third-order valence-electron chi connectivity index (χ3n) is 9.27. The first kappa shape index (κ1) is 31.7. The van der Waals surface area contributed by atoms with Gasteiger partial charge < -0.3 is 9.80 Å². The van der Waals surface area contributed by atoms with Crippen molar-refractivity contribution in [2.24, 2.45) is 0 Å². The Kier molecular flexibility index (Phi) is 9.12. The summed E-state index contributed by atoms with van der Waals surface area (Å²) in [5.41, 5.74) is 15.6. The van der Waals surface area contributed by atoms with Crippen LogP contribution in [-0.4, -0.2) is 0 Å². The molecule has 0 bridgehead atoms. The summed E-state index contributed by atoms with van der Waals surface area (Å²) >= 11 is 0. The number of benzene rings is 7. The molecule has 0 aromatic heterocycles. The Morgan fingerprint density at radius 1 is 0.265 bits per heavy atom. The molecule has 0 fully saturated rings. The minimum Gasteiger partial charge on any atom is -0.311 e. The summed E-state index contributed by atoms with van der Waals surface area (Å²) in [7, 11) is 0. The maximum atomic E-state index is 2.33. The molecule has 0 radical (unpaired) electrons. The molecule has 0 heterocycles. The molecular weight excluding hydrogens is 593 g/mol. The molecule has 7 aromatic rings. The zero-order valence-electron chi connectivity index (χ0n) is 28.7. The van der Waals surface area contributed by atoms with Gasteiger partial charge in [-0.15, -0.1) is 0 Å². The van der Waals surface area contributed by atoms with Gasteiger partial charge in [0.15, 0.2) is 0 Å². The van der Waals surface area contributed by atoms with E-state index in [1.165, 1.54) is 38.9 Å². The maximum Gasteiger partial charge on any atom is 0.0461 e. The summed E-state index contributed by atoms with van der Waals surface area (Å²) in [4.78, 5) is 4.67. The molecule has 0 saturated heterocycles. The number of hydrogen-bond donors (Lipinski definition) is 0. The van der Waals surface area contributed by atoms with Crippen LogP contribution in [0.4, 0.5) is 34.1 Å². The van der Waals surface area contributed by atoms with Gasteiger partial charge in [0.2, 0.25) is 0 Å². The first-order valence-corrected chi connectivity index (χ1v) is 17.0. The van der Waals surface area contributed by atoms with Crippen LogP contribution in [0.5, 0.6) is 0 Å². The highest BCUT2D eigenvalue weighted by molar-refractivity contribution is 5.78. The first-order valence-electron chi connectivity index (χ1n) is 17.0. The molecule has 2 heteroatoms. The van der Waals surface area contributed by atoms with Crippen molar-refractivity contribution >= 4 is 34.1 Å². The SMILES string of the molecule is Cc1ccc(N(c2ccc(C)cc2)c2ccc(C(c3ccccc3)c3ccc(N(c4ccc(C)cc4)c4ccc(C)cc4)cc3)cc2)cc1. The predicted molar refractivity (Wildman–Crippen MR) is 209 cm³/mol. The van der Waals surface area contributed by atoms with Crippen molar-refractivity contribution < 1.29 is 0 Å². The van der Waals surface area contributed by atoms with Crippen molar-refractivity contribution in [1.29, 1.82) is 0 Å². The fraction of sp³-hybridized carbons (Fsp3) is 0.106. The molecule has 0 amide bonds. The largest absolute Gasteiger partial charge is 0.311 e. The number of rotatable bonds is 9.